The van der Waals surface area contributed by atoms with E-state index in [2.05, 4.69) is 118 Å². The van der Waals surface area contributed by atoms with Gasteiger partial charge in [-0.15, -0.1) is 11.8 Å². The lowest BCUT2D eigenvalue weighted by atomic mass is 10.1. The van der Waals surface area contributed by atoms with E-state index in [0.29, 0.717) is 31.0 Å². The van der Waals surface area contributed by atoms with E-state index < -0.39 is 0 Å². The lowest BCUT2D eigenvalue weighted by Gasteiger charge is -2.43. The first-order valence-corrected chi connectivity index (χ1v) is 32.8. The zero-order chi connectivity index (χ0) is 61.5. The van der Waals surface area contributed by atoms with Gasteiger partial charge in [0, 0.05) is 60.2 Å². The summed E-state index contributed by atoms with van der Waals surface area (Å²) in [5.41, 5.74) is 6.59. The van der Waals surface area contributed by atoms with Crippen LogP contribution in [0.1, 0.15) is 62.5 Å². The van der Waals surface area contributed by atoms with E-state index in [9.17, 15) is 4.79 Å². The van der Waals surface area contributed by atoms with Gasteiger partial charge in [-0.2, -0.15) is 0 Å². The molecule has 11 aliphatic heterocycles. The molecule has 12 heterocycles. The Kier molecular flexibility index (Phi) is 35.0. The Hall–Kier alpha value is -7.27. The fraction of sp³-hybridized carbons (Fsp3) is 0.406. The van der Waals surface area contributed by atoms with Gasteiger partial charge in [-0.05, 0) is 137 Å². The first-order valence-electron chi connectivity index (χ1n) is 30.9. The Morgan fingerprint density at radius 2 is 1.34 bits per heavy atom. The number of rotatable bonds is 0. The Morgan fingerprint density at radius 1 is 0.584 bits per heavy atom. The van der Waals surface area contributed by atoms with Crippen LogP contribution in [-0.2, 0) is 46.2 Å². The van der Waals surface area contributed by atoms with Gasteiger partial charge in [0.25, 0.3) is 0 Å². The minimum atomic E-state index is 0.00634. The van der Waals surface area contributed by atoms with Crippen molar-refractivity contribution in [3.05, 3.63) is 180 Å². The molecule has 89 heavy (non-hydrogen) atoms. The van der Waals surface area contributed by atoms with Crippen LogP contribution >= 0.6 is 23.5 Å². The van der Waals surface area contributed by atoms with Crippen molar-refractivity contribution >= 4 is 77.2 Å². The number of hydrogen-bond acceptors (Lipinski definition) is 20. The summed E-state index contributed by atoms with van der Waals surface area (Å²) in [6.45, 7) is 16.1. The quantitative estimate of drug-likeness (QED) is 0.130. The molecule has 1 unspecified atom stereocenters. The van der Waals surface area contributed by atoms with Crippen molar-refractivity contribution in [2.75, 3.05) is 116 Å². The van der Waals surface area contributed by atoms with E-state index in [1.165, 1.54) is 135 Å². The number of nitrogens with zero attached hydrogens (tertiary/aromatic N) is 5. The van der Waals surface area contributed by atoms with Gasteiger partial charge in [-0.25, -0.2) is 9.98 Å². The van der Waals surface area contributed by atoms with Gasteiger partial charge in [0.1, 0.15) is 31.3 Å². The molecule has 11 aliphatic rings. The topological polar surface area (TPSA) is 193 Å². The molecule has 5 fully saturated rings. The average molecular weight is 1250 g/mol. The van der Waals surface area contributed by atoms with E-state index in [1.807, 2.05) is 72.4 Å². The molecule has 476 valence electrons. The number of para-hydroxylation sites is 5. The molecule has 18 nitrogen and oxygen atoms in total. The predicted octanol–water partition coefficient (Wildman–Crippen LogP) is 13.0. The highest BCUT2D eigenvalue weighted by molar-refractivity contribution is 8.00. The standard InChI is InChI=1S/C12H9NS.C9H6O2.C9H10O.C8H7NO.C6H11NS.C5H11N.C4H9NO.C4H7NO.2C4H5NO.C4H8O2/c1-3-7-11-9(5-1)13-10-6-2-4-8-12(10)14-11;10-8-5-6-11-9-4-2-1-3-7(8)9;1-2-6-9-8(4-1)5-3-7-10-9;1-2-4-8-7(3-1)5-10-6-9-8;1-3-7-4-2-6(7)8-5-1;1-2-4-6-5-3-1;1-3-6-4-2-5-1;4*1-2-5-4-6-3-1/h1-8,13H;1-6H;1-2,4,6H,3,5,7H2;1-4,6H,5H2;6H,1-5H2;6H,1-5H2;5H,1-4H2;4H,1-3H2;1,3-4H,2H2;1-2,4H,3H2;1-4H2. The van der Waals surface area contributed by atoms with E-state index in [-0.39, 0.29) is 5.43 Å². The molecule has 0 spiro atoms. The summed E-state index contributed by atoms with van der Waals surface area (Å²) in [7, 11) is 0. The normalized spacial score (nSPS) is 18.5. The number of thioether (sulfide) groups is 1. The lowest BCUT2D eigenvalue weighted by molar-refractivity contribution is -0.0963. The zero-order valence-corrected chi connectivity index (χ0v) is 52.8. The van der Waals surface area contributed by atoms with Crippen LogP contribution in [0.15, 0.2) is 197 Å². The van der Waals surface area contributed by atoms with Crippen molar-refractivity contribution in [3.8, 4) is 5.75 Å². The second-order valence-electron chi connectivity index (χ2n) is 20.4. The third kappa shape index (κ3) is 28.8. The maximum atomic E-state index is 11.1. The highest BCUT2D eigenvalue weighted by Crippen LogP contribution is 2.43. The first kappa shape index (κ1) is 69.2. The summed E-state index contributed by atoms with van der Waals surface area (Å²) in [6.07, 6.45) is 25.9. The van der Waals surface area contributed by atoms with E-state index >= 15 is 0 Å². The first-order chi connectivity index (χ1) is 44.2. The van der Waals surface area contributed by atoms with Crippen LogP contribution in [0.3, 0.4) is 0 Å². The third-order valence-corrected chi connectivity index (χ3v) is 16.2. The summed E-state index contributed by atoms with van der Waals surface area (Å²) < 4.78 is 44.3. The van der Waals surface area contributed by atoms with Crippen molar-refractivity contribution in [1.29, 1.82) is 0 Å². The lowest BCUT2D eigenvalue weighted by Crippen LogP contribution is -2.48. The number of hydrogen-bond donors (Lipinski definition) is 3. The highest BCUT2D eigenvalue weighted by atomic mass is 32.2. The maximum Gasteiger partial charge on any atom is 0.192 e. The smallest absolute Gasteiger partial charge is 0.192 e. The number of aliphatic imine (C=N–C) groups is 4. The Bertz CT molecular complexity index is 2880. The van der Waals surface area contributed by atoms with Gasteiger partial charge in [-0.1, -0.05) is 91.0 Å². The van der Waals surface area contributed by atoms with Crippen molar-refractivity contribution in [2.45, 2.75) is 79.6 Å². The molecule has 0 bridgehead atoms. The van der Waals surface area contributed by atoms with Crippen LogP contribution in [0.2, 0.25) is 0 Å². The van der Waals surface area contributed by atoms with Gasteiger partial charge in [0.2, 0.25) is 0 Å². The van der Waals surface area contributed by atoms with Crippen molar-refractivity contribution < 1.29 is 42.3 Å². The van der Waals surface area contributed by atoms with Crippen LogP contribution in [0.4, 0.5) is 17.1 Å². The van der Waals surface area contributed by atoms with Gasteiger partial charge in [0.05, 0.1) is 86.5 Å². The molecule has 0 radical (unpaired) electrons. The number of ether oxygens (including phenoxy) is 8. The van der Waals surface area contributed by atoms with Gasteiger partial charge < -0.3 is 58.3 Å². The van der Waals surface area contributed by atoms with Crippen LogP contribution < -0.4 is 26.1 Å². The van der Waals surface area contributed by atoms with Crippen LogP contribution in [0.5, 0.6) is 5.75 Å². The van der Waals surface area contributed by atoms with Crippen LogP contribution in [0.25, 0.3) is 11.0 Å². The van der Waals surface area contributed by atoms with E-state index in [1.54, 1.807) is 24.6 Å². The Balaban J connectivity index is 0.000000141. The molecule has 0 amide bonds. The van der Waals surface area contributed by atoms with Crippen LogP contribution in [0, 0.1) is 0 Å². The molecule has 3 N–H and O–H groups in total. The molecule has 20 heteroatoms. The van der Waals surface area contributed by atoms with Crippen LogP contribution in [-0.4, -0.2) is 147 Å². The second kappa shape index (κ2) is 45.1. The fourth-order valence-electron chi connectivity index (χ4n) is 8.95. The number of benzene rings is 5. The number of aryl methyl sites for hydroxylation is 1. The number of anilines is 2. The zero-order valence-electron chi connectivity index (χ0n) is 51.1. The number of morpholine rings is 1. The molecule has 0 saturated carbocycles. The minimum Gasteiger partial charge on any atom is -0.493 e. The monoisotopic (exact) mass is 1250 g/mol. The molecule has 6 aromatic rings. The van der Waals surface area contributed by atoms with Gasteiger partial charge in [0.15, 0.2) is 31.0 Å². The molecular weight excluding hydrogens is 1160 g/mol. The second-order valence-corrected chi connectivity index (χ2v) is 22.8. The molecule has 17 rings (SSSR count). The van der Waals surface area contributed by atoms with E-state index in [4.69, 9.17) is 37.6 Å². The Labute approximate surface area is 533 Å². The van der Waals surface area contributed by atoms with Crippen molar-refractivity contribution in [1.82, 2.24) is 15.5 Å². The van der Waals surface area contributed by atoms with E-state index in [0.717, 1.165) is 107 Å². The van der Waals surface area contributed by atoms with Gasteiger partial charge >= 0.3 is 0 Å². The molecule has 0 aliphatic carbocycles. The Morgan fingerprint density at radius 3 is 1.82 bits per heavy atom. The molecule has 1 aromatic heterocycles. The number of nitrogens with one attached hydrogen (secondary N) is 3. The minimum absolute atomic E-state index is 0.00634. The summed E-state index contributed by atoms with van der Waals surface area (Å²) in [4.78, 5) is 31.6. The summed E-state index contributed by atoms with van der Waals surface area (Å²) in [5.74, 6) is 2.48. The largest absolute Gasteiger partial charge is 0.493 e. The number of fused-ring (bicyclic) bond motifs is 6. The SMILES string of the molecule is C1=CN=COC1.C1=COC=NC1.C1=NCCCO1.C1=Nc2ccccc2CO1.C1CCNCC1.C1COCCN1.C1COCOC1.C1CSC2CCN2C1.O=c1ccoc2ccccc12.c1ccc2c(c1)CCCO2.c1ccc2c(c1)Nc1ccccc1S2. The summed E-state index contributed by atoms with van der Waals surface area (Å²) in [6, 6.07) is 41.6. The van der Waals surface area contributed by atoms with Gasteiger partial charge in [-0.3, -0.25) is 19.7 Å². The average Bonchev–Trinajstić information content (AvgIpc) is 3.82. The fourth-order valence-corrected chi connectivity index (χ4v) is 11.2. The molecule has 1 atom stereocenters. The van der Waals surface area contributed by atoms with Crippen molar-refractivity contribution in [2.24, 2.45) is 20.0 Å². The summed E-state index contributed by atoms with van der Waals surface area (Å²) in [5, 5.41) is 11.4. The highest BCUT2D eigenvalue weighted by Gasteiger charge is 2.30. The predicted molar refractivity (Wildman–Crippen MR) is 362 cm³/mol. The molecule has 5 saturated heterocycles. The third-order valence-electron chi connectivity index (χ3n) is 13.7. The van der Waals surface area contributed by atoms with Crippen molar-refractivity contribution in [3.63, 3.8) is 0 Å². The molecular formula is C69H88N8O10S2. The maximum absolute atomic E-state index is 11.1. The molecule has 5 aromatic carbocycles. The summed E-state index contributed by atoms with van der Waals surface area (Å²) >= 11 is 3.96. The number of piperidine rings is 1.